The molecule has 0 spiro atoms. The maximum absolute atomic E-state index is 12.3. The number of hydrogen-bond donors (Lipinski definition) is 2. The molecule has 1 aliphatic rings. The number of ether oxygens (including phenoxy) is 1. The molecule has 0 saturated carbocycles. The van der Waals surface area contributed by atoms with Gasteiger partial charge in [0.1, 0.15) is 0 Å². The number of hydrogen-bond acceptors (Lipinski definition) is 7. The van der Waals surface area contributed by atoms with Gasteiger partial charge < -0.3 is 15.4 Å². The molecule has 0 radical (unpaired) electrons. The molecule has 1 aromatic heterocycles. The molecule has 1 saturated heterocycles. The van der Waals surface area contributed by atoms with E-state index in [0.717, 1.165) is 41.4 Å². The number of carbonyl (C=O) groups is 1. The number of anilines is 4. The van der Waals surface area contributed by atoms with Gasteiger partial charge in [-0.2, -0.15) is 0 Å². The van der Waals surface area contributed by atoms with Gasteiger partial charge in [0.15, 0.2) is 0 Å². The molecule has 0 unspecified atom stereocenters. The average Bonchev–Trinajstić information content (AvgIpc) is 2.94. The van der Waals surface area contributed by atoms with Crippen LogP contribution in [0.3, 0.4) is 0 Å². The Morgan fingerprint density at radius 2 is 1.56 bits per heavy atom. The first-order valence-electron chi connectivity index (χ1n) is 12.0. The fraction of sp³-hybridized carbons (Fsp3) is 0.179. The van der Waals surface area contributed by atoms with Gasteiger partial charge in [-0.3, -0.25) is 4.79 Å². The normalized spacial score (nSPS) is 13.7. The average molecular weight is 481 g/mol. The van der Waals surface area contributed by atoms with Crippen LogP contribution >= 0.6 is 0 Å². The van der Waals surface area contributed by atoms with Crippen molar-refractivity contribution < 1.29 is 9.53 Å². The second kappa shape index (κ2) is 11.4. The molecule has 8 nitrogen and oxygen atoms in total. The monoisotopic (exact) mass is 480 g/mol. The molecule has 0 atom stereocenters. The van der Waals surface area contributed by atoms with E-state index in [9.17, 15) is 4.79 Å². The lowest BCUT2D eigenvalue weighted by Gasteiger charge is -2.37. The Morgan fingerprint density at radius 3 is 2.28 bits per heavy atom. The number of amides is 1. The summed E-state index contributed by atoms with van der Waals surface area (Å²) in [7, 11) is 0. The largest absolute Gasteiger partial charge is 0.379 e. The second-order valence-electron chi connectivity index (χ2n) is 8.30. The lowest BCUT2D eigenvalue weighted by Crippen LogP contribution is -2.47. The SMILES string of the molecule is O=C(CNc1ccccc1)Nc1ccc(-c2ccnc(N(c3ccccc3)N3CCOCC3)n2)cc1. The summed E-state index contributed by atoms with van der Waals surface area (Å²) in [5, 5.41) is 10.3. The van der Waals surface area contributed by atoms with E-state index in [4.69, 9.17) is 9.72 Å². The highest BCUT2D eigenvalue weighted by molar-refractivity contribution is 5.94. The zero-order valence-electron chi connectivity index (χ0n) is 19.9. The molecule has 1 fully saturated rings. The predicted molar refractivity (Wildman–Crippen MR) is 142 cm³/mol. The van der Waals surface area contributed by atoms with Gasteiger partial charge >= 0.3 is 0 Å². The van der Waals surface area contributed by atoms with Crippen molar-refractivity contribution in [2.75, 3.05) is 48.5 Å². The molecule has 2 heterocycles. The van der Waals surface area contributed by atoms with E-state index in [1.165, 1.54) is 0 Å². The first kappa shape index (κ1) is 23.5. The molecule has 3 aromatic carbocycles. The van der Waals surface area contributed by atoms with E-state index in [0.29, 0.717) is 19.2 Å². The number of benzene rings is 3. The first-order chi connectivity index (χ1) is 17.8. The molecule has 0 bridgehead atoms. The number of aromatic nitrogens is 2. The summed E-state index contributed by atoms with van der Waals surface area (Å²) >= 11 is 0. The van der Waals surface area contributed by atoms with Gasteiger partial charge in [-0.25, -0.2) is 20.0 Å². The Bertz CT molecular complexity index is 1260. The van der Waals surface area contributed by atoms with Gasteiger partial charge in [-0.15, -0.1) is 0 Å². The van der Waals surface area contributed by atoms with Crippen molar-refractivity contribution in [3.8, 4) is 11.3 Å². The fourth-order valence-corrected chi connectivity index (χ4v) is 4.01. The number of carbonyl (C=O) groups excluding carboxylic acids is 1. The summed E-state index contributed by atoms with van der Waals surface area (Å²) in [6, 6.07) is 29.3. The van der Waals surface area contributed by atoms with Crippen molar-refractivity contribution in [1.82, 2.24) is 15.0 Å². The Kier molecular flexibility index (Phi) is 7.46. The quantitative estimate of drug-likeness (QED) is 0.382. The molecular formula is C28H28N6O2. The zero-order chi connectivity index (χ0) is 24.6. The van der Waals surface area contributed by atoms with Crippen LogP contribution in [0.1, 0.15) is 0 Å². The fourth-order valence-electron chi connectivity index (χ4n) is 4.01. The highest BCUT2D eigenvalue weighted by Gasteiger charge is 2.23. The van der Waals surface area contributed by atoms with Gasteiger partial charge in [0.25, 0.3) is 0 Å². The van der Waals surface area contributed by atoms with Gasteiger partial charge in [0.05, 0.1) is 31.1 Å². The lowest BCUT2D eigenvalue weighted by atomic mass is 10.1. The van der Waals surface area contributed by atoms with E-state index >= 15 is 0 Å². The van der Waals surface area contributed by atoms with Gasteiger partial charge in [0.2, 0.25) is 11.9 Å². The first-order valence-corrected chi connectivity index (χ1v) is 12.0. The Labute approximate surface area is 210 Å². The summed E-state index contributed by atoms with van der Waals surface area (Å²) in [6.45, 7) is 3.04. The van der Waals surface area contributed by atoms with Crippen LogP contribution in [-0.2, 0) is 9.53 Å². The molecule has 2 N–H and O–H groups in total. The van der Waals surface area contributed by atoms with E-state index < -0.39 is 0 Å². The van der Waals surface area contributed by atoms with Crippen LogP contribution in [0.25, 0.3) is 11.3 Å². The molecule has 8 heteroatoms. The van der Waals surface area contributed by atoms with Crippen LogP contribution in [0.5, 0.6) is 0 Å². The Hall–Kier alpha value is -4.27. The highest BCUT2D eigenvalue weighted by atomic mass is 16.5. The number of nitrogens with zero attached hydrogens (tertiary/aromatic N) is 4. The second-order valence-corrected chi connectivity index (χ2v) is 8.30. The van der Waals surface area contributed by atoms with Crippen molar-refractivity contribution in [3.05, 3.63) is 97.2 Å². The van der Waals surface area contributed by atoms with E-state index in [-0.39, 0.29) is 12.5 Å². The van der Waals surface area contributed by atoms with Crippen molar-refractivity contribution in [1.29, 1.82) is 0 Å². The topological polar surface area (TPSA) is 82.6 Å². The molecule has 1 aliphatic heterocycles. The van der Waals surface area contributed by atoms with Crippen molar-refractivity contribution in [2.45, 2.75) is 0 Å². The minimum atomic E-state index is -0.111. The predicted octanol–water partition coefficient (Wildman–Crippen LogP) is 4.58. The van der Waals surface area contributed by atoms with Crippen LogP contribution in [0.4, 0.5) is 23.0 Å². The highest BCUT2D eigenvalue weighted by Crippen LogP contribution is 2.27. The maximum atomic E-state index is 12.3. The van der Waals surface area contributed by atoms with Crippen molar-refractivity contribution in [3.63, 3.8) is 0 Å². The molecule has 5 rings (SSSR count). The third kappa shape index (κ3) is 5.86. The minimum absolute atomic E-state index is 0.111. The van der Waals surface area contributed by atoms with Crippen molar-refractivity contribution >= 4 is 28.9 Å². The summed E-state index contributed by atoms with van der Waals surface area (Å²) in [4.78, 5) is 21.8. The molecular weight excluding hydrogens is 452 g/mol. The van der Waals surface area contributed by atoms with Crippen LogP contribution in [0, 0.1) is 0 Å². The van der Waals surface area contributed by atoms with Gasteiger partial charge in [-0.05, 0) is 42.5 Å². The maximum Gasteiger partial charge on any atom is 0.245 e. The number of hydrazine groups is 1. The third-order valence-electron chi connectivity index (χ3n) is 5.79. The standard InChI is InChI=1S/C28H28N6O2/c35-27(21-30-23-7-3-1-4-8-23)31-24-13-11-22(12-14-24)26-15-16-29-28(32-26)34(25-9-5-2-6-10-25)33-17-19-36-20-18-33/h1-16,30H,17-21H2,(H,31,35). The number of rotatable bonds is 8. The van der Waals surface area contributed by atoms with Crippen LogP contribution in [0.15, 0.2) is 97.2 Å². The van der Waals surface area contributed by atoms with Crippen LogP contribution < -0.4 is 15.6 Å². The van der Waals surface area contributed by atoms with E-state index in [1.54, 1.807) is 6.20 Å². The zero-order valence-corrected chi connectivity index (χ0v) is 19.9. The van der Waals surface area contributed by atoms with E-state index in [2.05, 4.69) is 37.8 Å². The number of nitrogens with one attached hydrogen (secondary N) is 2. The Balaban J connectivity index is 1.30. The third-order valence-corrected chi connectivity index (χ3v) is 5.79. The number of morpholine rings is 1. The summed E-state index contributed by atoms with van der Waals surface area (Å²) in [5.74, 6) is 0.491. The molecule has 182 valence electrons. The lowest BCUT2D eigenvalue weighted by molar-refractivity contribution is -0.114. The smallest absolute Gasteiger partial charge is 0.245 e. The number of para-hydroxylation sites is 2. The molecule has 36 heavy (non-hydrogen) atoms. The molecule has 0 aliphatic carbocycles. The summed E-state index contributed by atoms with van der Waals surface area (Å²) in [6.07, 6.45) is 1.78. The summed E-state index contributed by atoms with van der Waals surface area (Å²) in [5.41, 5.74) is 4.38. The Morgan fingerprint density at radius 1 is 0.861 bits per heavy atom. The van der Waals surface area contributed by atoms with E-state index in [1.807, 2.05) is 78.9 Å². The van der Waals surface area contributed by atoms with Crippen molar-refractivity contribution in [2.24, 2.45) is 0 Å². The molecule has 1 amide bonds. The van der Waals surface area contributed by atoms with Gasteiger partial charge in [-0.1, -0.05) is 48.5 Å². The molecule has 4 aromatic rings. The van der Waals surface area contributed by atoms with Crippen LogP contribution in [-0.4, -0.2) is 53.7 Å². The minimum Gasteiger partial charge on any atom is -0.379 e. The van der Waals surface area contributed by atoms with Crippen LogP contribution in [0.2, 0.25) is 0 Å². The van der Waals surface area contributed by atoms with Gasteiger partial charge in [0, 0.05) is 36.2 Å². The summed E-state index contributed by atoms with van der Waals surface area (Å²) < 4.78 is 5.55.